The summed E-state index contributed by atoms with van der Waals surface area (Å²) in [4.78, 5) is 35.4. The normalized spacial score (nSPS) is 12.2. The molecule has 1 aromatic carbocycles. The van der Waals surface area contributed by atoms with Gasteiger partial charge in [0.1, 0.15) is 0 Å². The lowest BCUT2D eigenvalue weighted by Gasteiger charge is -2.13. The van der Waals surface area contributed by atoms with E-state index in [1.54, 1.807) is 13.8 Å². The van der Waals surface area contributed by atoms with E-state index in [-0.39, 0.29) is 30.6 Å². The van der Waals surface area contributed by atoms with Crippen LogP contribution in [0.5, 0.6) is 0 Å². The number of esters is 1. The Morgan fingerprint density at radius 3 is 2.35 bits per heavy atom. The maximum atomic E-state index is 11.8. The molecule has 0 aliphatic rings. The highest BCUT2D eigenvalue weighted by molar-refractivity contribution is 6.01. The van der Waals surface area contributed by atoms with Crippen LogP contribution in [0.2, 0.25) is 0 Å². The molecular weight excluding hydrogens is 334 g/mol. The van der Waals surface area contributed by atoms with E-state index >= 15 is 0 Å². The van der Waals surface area contributed by atoms with Crippen molar-refractivity contribution in [3.8, 4) is 0 Å². The highest BCUT2D eigenvalue weighted by Crippen LogP contribution is 2.08. The second-order valence-corrected chi connectivity index (χ2v) is 5.76. The van der Waals surface area contributed by atoms with Crippen LogP contribution in [0, 0.1) is 5.92 Å². The first kappa shape index (κ1) is 21.3. The first-order chi connectivity index (χ1) is 12.5. The van der Waals surface area contributed by atoms with Gasteiger partial charge in [0.2, 0.25) is 11.8 Å². The molecule has 0 heterocycles. The molecule has 0 aromatic heterocycles. The summed E-state index contributed by atoms with van der Waals surface area (Å²) in [6.45, 7) is 5.97. The number of hydrazone groups is 1. The molecular formula is C19H27N3O4. The van der Waals surface area contributed by atoms with Crippen LogP contribution in [0.4, 0.5) is 0 Å². The smallest absolute Gasteiger partial charge is 0.314 e. The van der Waals surface area contributed by atoms with Crippen molar-refractivity contribution in [2.45, 2.75) is 46.6 Å². The van der Waals surface area contributed by atoms with E-state index in [0.717, 1.165) is 5.56 Å². The van der Waals surface area contributed by atoms with Gasteiger partial charge in [0, 0.05) is 25.1 Å². The van der Waals surface area contributed by atoms with Gasteiger partial charge in [-0.1, -0.05) is 37.3 Å². The monoisotopic (exact) mass is 361 g/mol. The van der Waals surface area contributed by atoms with Gasteiger partial charge in [-0.15, -0.1) is 0 Å². The minimum absolute atomic E-state index is 0.0214. The molecule has 2 amide bonds. The molecule has 0 aliphatic carbocycles. The molecule has 0 spiro atoms. The van der Waals surface area contributed by atoms with E-state index < -0.39 is 5.92 Å². The molecule has 7 heteroatoms. The molecule has 0 radical (unpaired) electrons. The van der Waals surface area contributed by atoms with Crippen molar-refractivity contribution in [1.29, 1.82) is 0 Å². The Labute approximate surface area is 154 Å². The molecule has 2 N–H and O–H groups in total. The van der Waals surface area contributed by atoms with Gasteiger partial charge in [-0.2, -0.15) is 5.10 Å². The van der Waals surface area contributed by atoms with Crippen LogP contribution in [0.1, 0.15) is 45.6 Å². The predicted molar refractivity (Wildman–Crippen MR) is 99.2 cm³/mol. The van der Waals surface area contributed by atoms with Crippen molar-refractivity contribution < 1.29 is 19.1 Å². The second kappa shape index (κ2) is 11.8. The Hall–Kier alpha value is -2.70. The molecule has 0 saturated heterocycles. The molecule has 1 aromatic rings. The Bertz CT molecular complexity index is 629. The Balaban J connectivity index is 2.36. The fourth-order valence-corrected chi connectivity index (χ4v) is 2.27. The number of ether oxygens (including phenoxy) is 1. The first-order valence-electron chi connectivity index (χ1n) is 8.78. The summed E-state index contributed by atoms with van der Waals surface area (Å²) in [5, 5.41) is 6.71. The third-order valence-corrected chi connectivity index (χ3v) is 3.75. The fraction of sp³-hybridized carbons (Fsp3) is 0.474. The zero-order chi connectivity index (χ0) is 19.4. The van der Waals surface area contributed by atoms with Crippen molar-refractivity contribution >= 4 is 23.5 Å². The van der Waals surface area contributed by atoms with Crippen LogP contribution < -0.4 is 10.7 Å². The number of nitrogens with one attached hydrogen (secondary N) is 2. The van der Waals surface area contributed by atoms with Gasteiger partial charge in [0.05, 0.1) is 12.5 Å². The van der Waals surface area contributed by atoms with Crippen molar-refractivity contribution in [3.05, 3.63) is 35.9 Å². The highest BCUT2D eigenvalue weighted by Gasteiger charge is 2.21. The Morgan fingerprint density at radius 1 is 1.08 bits per heavy atom. The molecule has 142 valence electrons. The highest BCUT2D eigenvalue weighted by atomic mass is 16.5. The molecule has 0 saturated carbocycles. The maximum absolute atomic E-state index is 11.8. The summed E-state index contributed by atoms with van der Waals surface area (Å²) in [6.07, 6.45) is 0.627. The Morgan fingerprint density at radius 2 is 1.73 bits per heavy atom. The average Bonchev–Trinajstić information content (AvgIpc) is 2.64. The summed E-state index contributed by atoms with van der Waals surface area (Å²) in [5.41, 5.74) is 3.86. The number of carbonyl (C=O) groups excluding carboxylic acids is 3. The Kier molecular flexibility index (Phi) is 9.67. The maximum Gasteiger partial charge on any atom is 0.314 e. The van der Waals surface area contributed by atoms with Crippen LogP contribution in [0.25, 0.3) is 0 Å². The molecule has 1 unspecified atom stereocenters. The quantitative estimate of drug-likeness (QED) is 0.379. The van der Waals surface area contributed by atoms with Crippen LogP contribution >= 0.6 is 0 Å². The second-order valence-electron chi connectivity index (χ2n) is 5.76. The summed E-state index contributed by atoms with van der Waals surface area (Å²) in [5.74, 6) is -1.42. The van der Waals surface area contributed by atoms with Gasteiger partial charge in [-0.05, 0) is 25.8 Å². The number of rotatable bonds is 10. The summed E-state index contributed by atoms with van der Waals surface area (Å²) in [7, 11) is 0. The van der Waals surface area contributed by atoms with Crippen LogP contribution in [-0.2, 0) is 25.7 Å². The standard InChI is InChI=1S/C19H27N3O4/c1-4-16(19(25)26-5-2)14(3)21-22-18(24)12-11-17(23)20-13-15-9-7-6-8-10-15/h6-10,16H,4-5,11-13H2,1-3H3,(H,20,23)(H,22,24)/b21-14+. The lowest BCUT2D eigenvalue weighted by molar-refractivity contribution is -0.145. The van der Waals surface area contributed by atoms with Crippen molar-refractivity contribution in [1.82, 2.24) is 10.7 Å². The number of nitrogens with zero attached hydrogens (tertiary/aromatic N) is 1. The van der Waals surface area contributed by atoms with Gasteiger partial charge in [0.15, 0.2) is 0 Å². The zero-order valence-corrected chi connectivity index (χ0v) is 15.6. The molecule has 1 rings (SSSR count). The van der Waals surface area contributed by atoms with Crippen molar-refractivity contribution in [2.75, 3.05) is 6.61 Å². The molecule has 1 atom stereocenters. The number of hydrogen-bond donors (Lipinski definition) is 2. The fourth-order valence-electron chi connectivity index (χ4n) is 2.27. The van der Waals surface area contributed by atoms with E-state index in [2.05, 4.69) is 15.8 Å². The third-order valence-electron chi connectivity index (χ3n) is 3.75. The van der Waals surface area contributed by atoms with Crippen molar-refractivity contribution in [3.63, 3.8) is 0 Å². The molecule has 26 heavy (non-hydrogen) atoms. The van der Waals surface area contributed by atoms with Gasteiger partial charge in [-0.3, -0.25) is 14.4 Å². The van der Waals surface area contributed by atoms with E-state index in [0.29, 0.717) is 25.3 Å². The minimum Gasteiger partial charge on any atom is -0.465 e. The molecule has 0 bridgehead atoms. The van der Waals surface area contributed by atoms with E-state index in [4.69, 9.17) is 4.74 Å². The lowest BCUT2D eigenvalue weighted by atomic mass is 10.0. The van der Waals surface area contributed by atoms with Gasteiger partial charge in [-0.25, -0.2) is 5.43 Å². The largest absolute Gasteiger partial charge is 0.465 e. The first-order valence-corrected chi connectivity index (χ1v) is 8.78. The van der Waals surface area contributed by atoms with E-state index in [1.165, 1.54) is 0 Å². The number of hydrogen-bond acceptors (Lipinski definition) is 5. The molecule has 0 aliphatic heterocycles. The number of amides is 2. The minimum atomic E-state index is -0.482. The van der Waals surface area contributed by atoms with Gasteiger partial charge < -0.3 is 10.1 Å². The van der Waals surface area contributed by atoms with Gasteiger partial charge >= 0.3 is 5.97 Å². The average molecular weight is 361 g/mol. The molecule has 7 nitrogen and oxygen atoms in total. The molecule has 0 fully saturated rings. The topological polar surface area (TPSA) is 96.9 Å². The summed E-state index contributed by atoms with van der Waals surface area (Å²) in [6, 6.07) is 9.53. The third kappa shape index (κ3) is 7.92. The zero-order valence-electron chi connectivity index (χ0n) is 15.6. The summed E-state index contributed by atoms with van der Waals surface area (Å²) < 4.78 is 4.98. The van der Waals surface area contributed by atoms with E-state index in [1.807, 2.05) is 37.3 Å². The van der Waals surface area contributed by atoms with Crippen molar-refractivity contribution in [2.24, 2.45) is 11.0 Å². The predicted octanol–water partition coefficient (Wildman–Crippen LogP) is 2.16. The SMILES string of the molecule is CCOC(=O)C(CC)/C(C)=N/NC(=O)CCC(=O)NCc1ccccc1. The van der Waals surface area contributed by atoms with Crippen LogP contribution in [-0.4, -0.2) is 30.1 Å². The van der Waals surface area contributed by atoms with E-state index in [9.17, 15) is 14.4 Å². The number of benzene rings is 1. The number of carbonyl (C=O) groups is 3. The van der Waals surface area contributed by atoms with Gasteiger partial charge in [0.25, 0.3) is 0 Å². The summed E-state index contributed by atoms with van der Waals surface area (Å²) >= 11 is 0. The van der Waals surface area contributed by atoms with Crippen LogP contribution in [0.3, 0.4) is 0 Å². The lowest BCUT2D eigenvalue weighted by Crippen LogP contribution is -2.28. The van der Waals surface area contributed by atoms with Crippen LogP contribution in [0.15, 0.2) is 35.4 Å².